The van der Waals surface area contributed by atoms with Crippen LogP contribution in [0.2, 0.25) is 0 Å². The predicted octanol–water partition coefficient (Wildman–Crippen LogP) is 1.57. The van der Waals surface area contributed by atoms with Crippen molar-refractivity contribution in [3.63, 3.8) is 0 Å². The molecular formula is C8H15Cl2N3. The maximum absolute atomic E-state index is 5.43. The predicted molar refractivity (Wildman–Crippen MR) is 60.5 cm³/mol. The minimum atomic E-state index is 0. The smallest absolute Gasteiger partial charge is 0.123 e. The van der Waals surface area contributed by atoms with Crippen LogP contribution in [0.25, 0.3) is 0 Å². The second-order valence-electron chi connectivity index (χ2n) is 2.83. The van der Waals surface area contributed by atoms with Crippen molar-refractivity contribution in [3.05, 3.63) is 23.9 Å². The number of nitrogens with two attached hydrogens (primary N) is 1. The lowest BCUT2D eigenvalue weighted by Gasteiger charge is -2.08. The first-order chi connectivity index (χ1) is 5.18. The van der Waals surface area contributed by atoms with Gasteiger partial charge in [0.05, 0.1) is 0 Å². The SMILES string of the molecule is CN(C)Cc1ccc(N)nc1.Cl.Cl. The Balaban J connectivity index is 0. The normalized spacial score (nSPS) is 8.85. The zero-order valence-electron chi connectivity index (χ0n) is 7.73. The van der Waals surface area contributed by atoms with Crippen LogP contribution >= 0.6 is 24.8 Å². The Bertz CT molecular complexity index is 223. The highest BCUT2D eigenvalue weighted by atomic mass is 35.5. The van der Waals surface area contributed by atoms with Crippen LogP contribution in [0.3, 0.4) is 0 Å². The molecule has 76 valence electrons. The molecule has 0 aromatic carbocycles. The first-order valence-corrected chi connectivity index (χ1v) is 3.53. The standard InChI is InChI=1S/C8H13N3.2ClH/c1-11(2)6-7-3-4-8(9)10-5-7;;/h3-5H,6H2,1-2H3,(H2,9,10);2*1H. The molecule has 0 amide bonds. The van der Waals surface area contributed by atoms with E-state index >= 15 is 0 Å². The van der Waals surface area contributed by atoms with Crippen LogP contribution < -0.4 is 5.73 Å². The highest BCUT2D eigenvalue weighted by Crippen LogP contribution is 2.02. The third kappa shape index (κ3) is 5.69. The minimum Gasteiger partial charge on any atom is -0.384 e. The largest absolute Gasteiger partial charge is 0.384 e. The number of anilines is 1. The molecule has 5 heteroatoms. The van der Waals surface area contributed by atoms with Crippen LogP contribution in [0.5, 0.6) is 0 Å². The Morgan fingerprint density at radius 2 is 1.92 bits per heavy atom. The maximum Gasteiger partial charge on any atom is 0.123 e. The molecule has 0 spiro atoms. The van der Waals surface area contributed by atoms with Gasteiger partial charge in [-0.15, -0.1) is 24.8 Å². The fraction of sp³-hybridized carbons (Fsp3) is 0.375. The van der Waals surface area contributed by atoms with Gasteiger partial charge in [-0.3, -0.25) is 0 Å². The molecule has 3 nitrogen and oxygen atoms in total. The van der Waals surface area contributed by atoms with Gasteiger partial charge in [-0.1, -0.05) is 6.07 Å². The lowest BCUT2D eigenvalue weighted by atomic mass is 10.3. The van der Waals surface area contributed by atoms with Gasteiger partial charge in [-0.2, -0.15) is 0 Å². The summed E-state index contributed by atoms with van der Waals surface area (Å²) in [6.45, 7) is 0.910. The third-order valence-corrected chi connectivity index (χ3v) is 1.35. The van der Waals surface area contributed by atoms with E-state index in [1.54, 1.807) is 6.20 Å². The number of nitrogens with zero attached hydrogens (tertiary/aromatic N) is 2. The molecule has 0 bridgehead atoms. The van der Waals surface area contributed by atoms with Gasteiger partial charge in [0.1, 0.15) is 5.82 Å². The first-order valence-electron chi connectivity index (χ1n) is 3.53. The Labute approximate surface area is 91.2 Å². The average molecular weight is 224 g/mol. The molecule has 0 atom stereocenters. The van der Waals surface area contributed by atoms with Crippen LogP contribution in [-0.2, 0) is 6.54 Å². The number of pyridine rings is 1. The molecule has 1 aromatic rings. The van der Waals surface area contributed by atoms with Gasteiger partial charge >= 0.3 is 0 Å². The molecule has 0 aliphatic carbocycles. The van der Waals surface area contributed by atoms with E-state index in [9.17, 15) is 0 Å². The van der Waals surface area contributed by atoms with Crippen molar-refractivity contribution < 1.29 is 0 Å². The quantitative estimate of drug-likeness (QED) is 0.829. The van der Waals surface area contributed by atoms with Crippen LogP contribution in [0, 0.1) is 0 Å². The Kier molecular flexibility index (Phi) is 8.01. The fourth-order valence-electron chi connectivity index (χ4n) is 0.895. The van der Waals surface area contributed by atoms with Crippen molar-refractivity contribution >= 4 is 30.6 Å². The van der Waals surface area contributed by atoms with Gasteiger partial charge in [0.2, 0.25) is 0 Å². The Morgan fingerprint density at radius 1 is 1.31 bits per heavy atom. The summed E-state index contributed by atoms with van der Waals surface area (Å²) in [7, 11) is 4.05. The molecule has 0 saturated carbocycles. The average Bonchev–Trinajstić information content (AvgIpc) is 1.93. The molecular weight excluding hydrogens is 209 g/mol. The third-order valence-electron chi connectivity index (χ3n) is 1.35. The monoisotopic (exact) mass is 223 g/mol. The summed E-state index contributed by atoms with van der Waals surface area (Å²) in [6, 6.07) is 3.81. The summed E-state index contributed by atoms with van der Waals surface area (Å²) in [5.74, 6) is 0.576. The molecule has 1 aromatic heterocycles. The fourth-order valence-corrected chi connectivity index (χ4v) is 0.895. The van der Waals surface area contributed by atoms with E-state index in [1.807, 2.05) is 26.2 Å². The van der Waals surface area contributed by atoms with E-state index in [2.05, 4.69) is 9.88 Å². The highest BCUT2D eigenvalue weighted by Gasteiger charge is 1.93. The molecule has 0 radical (unpaired) electrons. The van der Waals surface area contributed by atoms with E-state index < -0.39 is 0 Å². The van der Waals surface area contributed by atoms with Crippen LogP contribution in [0.15, 0.2) is 18.3 Å². The van der Waals surface area contributed by atoms with Crippen LogP contribution in [-0.4, -0.2) is 24.0 Å². The molecule has 1 rings (SSSR count). The van der Waals surface area contributed by atoms with Crippen molar-refractivity contribution in [1.29, 1.82) is 0 Å². The van der Waals surface area contributed by atoms with Gasteiger partial charge in [0.25, 0.3) is 0 Å². The van der Waals surface area contributed by atoms with E-state index in [0.29, 0.717) is 5.82 Å². The summed E-state index contributed by atoms with van der Waals surface area (Å²) in [4.78, 5) is 6.07. The molecule has 13 heavy (non-hydrogen) atoms. The number of halogens is 2. The number of rotatable bonds is 2. The molecule has 0 unspecified atom stereocenters. The second-order valence-corrected chi connectivity index (χ2v) is 2.83. The molecule has 0 aliphatic heterocycles. The molecule has 0 fully saturated rings. The molecule has 0 aliphatic rings. The summed E-state index contributed by atoms with van der Waals surface area (Å²) < 4.78 is 0. The van der Waals surface area contributed by atoms with Gasteiger partial charge in [-0.05, 0) is 25.7 Å². The van der Waals surface area contributed by atoms with Crippen LogP contribution in [0.4, 0.5) is 5.82 Å². The maximum atomic E-state index is 5.43. The van der Waals surface area contributed by atoms with Crippen molar-refractivity contribution in [1.82, 2.24) is 9.88 Å². The number of nitrogen functional groups attached to an aromatic ring is 1. The first kappa shape index (κ1) is 15.0. The van der Waals surface area contributed by atoms with Crippen molar-refractivity contribution in [2.24, 2.45) is 0 Å². The van der Waals surface area contributed by atoms with Gasteiger partial charge in [-0.25, -0.2) is 4.98 Å². The van der Waals surface area contributed by atoms with Crippen molar-refractivity contribution in [2.45, 2.75) is 6.54 Å². The van der Waals surface area contributed by atoms with Gasteiger partial charge in [0, 0.05) is 12.7 Å². The molecule has 2 N–H and O–H groups in total. The van der Waals surface area contributed by atoms with Gasteiger partial charge < -0.3 is 10.6 Å². The summed E-state index contributed by atoms with van der Waals surface area (Å²) in [5, 5.41) is 0. The van der Waals surface area contributed by atoms with Gasteiger partial charge in [0.15, 0.2) is 0 Å². The second kappa shape index (κ2) is 6.95. The van der Waals surface area contributed by atoms with E-state index in [1.165, 1.54) is 5.56 Å². The Hall–Kier alpha value is -0.510. The van der Waals surface area contributed by atoms with Crippen molar-refractivity contribution in [2.75, 3.05) is 19.8 Å². The Morgan fingerprint density at radius 3 is 2.31 bits per heavy atom. The molecule has 1 heterocycles. The lowest BCUT2D eigenvalue weighted by Crippen LogP contribution is -2.10. The summed E-state index contributed by atoms with van der Waals surface area (Å²) >= 11 is 0. The number of hydrogen-bond donors (Lipinski definition) is 1. The zero-order chi connectivity index (χ0) is 8.27. The van der Waals surface area contributed by atoms with Crippen LogP contribution in [0.1, 0.15) is 5.56 Å². The zero-order valence-corrected chi connectivity index (χ0v) is 9.36. The van der Waals surface area contributed by atoms with E-state index in [0.717, 1.165) is 6.54 Å². The van der Waals surface area contributed by atoms with Crippen molar-refractivity contribution in [3.8, 4) is 0 Å². The van der Waals surface area contributed by atoms with E-state index in [4.69, 9.17) is 5.73 Å². The lowest BCUT2D eigenvalue weighted by molar-refractivity contribution is 0.402. The summed E-state index contributed by atoms with van der Waals surface area (Å²) in [5.41, 5.74) is 6.62. The summed E-state index contributed by atoms with van der Waals surface area (Å²) in [6.07, 6.45) is 1.80. The number of aromatic nitrogens is 1. The minimum absolute atomic E-state index is 0. The van der Waals surface area contributed by atoms with E-state index in [-0.39, 0.29) is 24.8 Å². The topological polar surface area (TPSA) is 42.1 Å². The highest BCUT2D eigenvalue weighted by molar-refractivity contribution is 5.85. The molecule has 0 saturated heterocycles. The number of hydrogen-bond acceptors (Lipinski definition) is 3.